The summed E-state index contributed by atoms with van der Waals surface area (Å²) in [5, 5.41) is 2.37. The Morgan fingerprint density at radius 1 is 1.30 bits per heavy atom. The Morgan fingerprint density at radius 3 is 2.77 bits per heavy atom. The lowest BCUT2D eigenvalue weighted by Crippen LogP contribution is -2.38. The molecule has 16 nitrogen and oxygen atoms in total. The van der Waals surface area contributed by atoms with E-state index in [1.165, 1.54) is 37.5 Å². The molecule has 6 atom stereocenters. The largest absolute Gasteiger partial charge is 0.530 e. The Kier molecular flexibility index (Phi) is 11.1. The Labute approximate surface area is 256 Å². The van der Waals surface area contributed by atoms with Gasteiger partial charge in [-0.15, -0.1) is 0 Å². The molecule has 0 aliphatic carbocycles. The number of nitrogens with zero attached hydrogens (tertiary/aromatic N) is 3. The van der Waals surface area contributed by atoms with Crippen LogP contribution >= 0.6 is 25.9 Å². The number of hydrogen-bond acceptors (Lipinski definition) is 14. The molecule has 2 aromatic heterocycles. The third-order valence-electron chi connectivity index (χ3n) is 5.69. The number of carbonyl (C=O) groups excluding carboxylic acids is 1. The van der Waals surface area contributed by atoms with Crippen molar-refractivity contribution in [3.05, 3.63) is 30.6 Å². The van der Waals surface area contributed by atoms with Crippen molar-refractivity contribution in [1.82, 2.24) is 25.0 Å². The van der Waals surface area contributed by atoms with Gasteiger partial charge in [0.1, 0.15) is 35.3 Å². The van der Waals surface area contributed by atoms with Crippen LogP contribution < -0.4 is 24.6 Å². The molecule has 3 aromatic rings. The molecule has 2 fully saturated rings. The average molecular weight is 681 g/mol. The zero-order chi connectivity index (χ0) is 32.1. The summed E-state index contributed by atoms with van der Waals surface area (Å²) in [5.41, 5.74) is 6.66. The number of carbonyl (C=O) groups is 1. The summed E-state index contributed by atoms with van der Waals surface area (Å²) in [7, 11) is -4.12. The third-order valence-corrected chi connectivity index (χ3v) is 8.73. The second kappa shape index (κ2) is 14.4. The number of phosphoric ester groups is 1. The van der Waals surface area contributed by atoms with E-state index in [2.05, 4.69) is 25.0 Å². The van der Waals surface area contributed by atoms with E-state index in [0.717, 1.165) is 0 Å². The smallest absolute Gasteiger partial charge is 0.476 e. The molecule has 1 aromatic carbocycles. The molecule has 5 rings (SSSR count). The van der Waals surface area contributed by atoms with E-state index in [4.69, 9.17) is 49.3 Å². The number of halogens is 2. The first-order chi connectivity index (χ1) is 20.8. The number of anilines is 1. The Balaban J connectivity index is 0.000000281. The van der Waals surface area contributed by atoms with Gasteiger partial charge < -0.3 is 34.0 Å². The van der Waals surface area contributed by atoms with Gasteiger partial charge in [-0.1, -0.05) is 6.07 Å². The number of imidazole rings is 1. The highest BCUT2D eigenvalue weighted by Crippen LogP contribution is 2.56. The van der Waals surface area contributed by atoms with Gasteiger partial charge in [0.05, 0.1) is 32.3 Å². The fourth-order valence-electron chi connectivity index (χ4n) is 3.87. The highest BCUT2D eigenvalue weighted by atomic mass is 35.7. The third kappa shape index (κ3) is 9.00. The van der Waals surface area contributed by atoms with Gasteiger partial charge in [-0.2, -0.15) is 9.97 Å². The van der Waals surface area contributed by atoms with Crippen LogP contribution in [0.4, 0.5) is 10.3 Å². The molecule has 5 unspecified atom stereocenters. The molecule has 0 radical (unpaired) electrons. The number of alkyl halides is 1. The van der Waals surface area contributed by atoms with Crippen LogP contribution in [0.15, 0.2) is 30.6 Å². The van der Waals surface area contributed by atoms with Crippen LogP contribution in [-0.4, -0.2) is 76.3 Å². The average Bonchev–Trinajstić information content (AvgIpc) is 3.54. The minimum Gasteiger partial charge on any atom is -0.476 e. The topological polar surface area (TPSA) is 208 Å². The fraction of sp³-hybridized carbons (Fsp3) is 0.500. The molecule has 44 heavy (non-hydrogen) atoms. The summed E-state index contributed by atoms with van der Waals surface area (Å²) in [6.07, 6.45) is -1.99. The minimum absolute atomic E-state index is 0.0122. The van der Waals surface area contributed by atoms with E-state index in [-0.39, 0.29) is 36.8 Å². The van der Waals surface area contributed by atoms with Gasteiger partial charge in [-0.05, 0) is 39.8 Å². The van der Waals surface area contributed by atoms with E-state index in [9.17, 15) is 18.3 Å². The molecular weight excluding hydrogens is 649 g/mol. The lowest BCUT2D eigenvalue weighted by Gasteiger charge is -2.30. The van der Waals surface area contributed by atoms with E-state index >= 15 is 0 Å². The summed E-state index contributed by atoms with van der Waals surface area (Å²) < 4.78 is 75.4. The monoisotopic (exact) mass is 680 g/mol. The van der Waals surface area contributed by atoms with Crippen molar-refractivity contribution in [2.24, 2.45) is 0 Å². The number of nitrogen functional groups attached to an aromatic ring is 1. The first-order valence-corrected chi connectivity index (χ1v) is 17.3. The van der Waals surface area contributed by atoms with Crippen molar-refractivity contribution >= 4 is 49.0 Å². The number of rotatable bonds is 10. The molecule has 2 aliphatic rings. The van der Waals surface area contributed by atoms with Crippen molar-refractivity contribution in [2.45, 2.75) is 58.2 Å². The van der Waals surface area contributed by atoms with Gasteiger partial charge in [0.2, 0.25) is 11.8 Å². The maximum atomic E-state index is 13.8. The summed E-state index contributed by atoms with van der Waals surface area (Å²) >= 11 is 5.91. The summed E-state index contributed by atoms with van der Waals surface area (Å²) in [6, 6.07) is 4.52. The van der Waals surface area contributed by atoms with Crippen LogP contribution in [0.2, 0.25) is 0 Å². The maximum Gasteiger partial charge on any atom is 0.530 e. The van der Waals surface area contributed by atoms with E-state index < -0.39 is 45.1 Å². The number of aromatic nitrogens is 4. The minimum atomic E-state index is -4.12. The second-order valence-corrected chi connectivity index (χ2v) is 13.9. The summed E-state index contributed by atoms with van der Waals surface area (Å²) in [4.78, 5) is 26.6. The molecule has 0 bridgehead atoms. The molecule has 4 heterocycles. The predicted octanol–water partition coefficient (Wildman–Crippen LogP) is 4.32. The highest BCUT2D eigenvalue weighted by molar-refractivity contribution is 7.84. The lowest BCUT2D eigenvalue weighted by atomic mass is 10.2. The number of nitrogens with two attached hydrogens (primary N) is 1. The molecule has 0 saturated carbocycles. The second-order valence-electron chi connectivity index (χ2n) is 9.60. The number of fused-ring (bicyclic) bond motifs is 2. The first-order valence-electron chi connectivity index (χ1n) is 13.3. The number of ether oxygens (including phenoxy) is 3. The molecule has 242 valence electrons. The normalized spacial score (nSPS) is 24.8. The number of hydrogen-bond donors (Lipinski definition) is 3. The van der Waals surface area contributed by atoms with Crippen LogP contribution in [-0.2, 0) is 32.4 Å². The Morgan fingerprint density at radius 2 is 2.05 bits per heavy atom. The van der Waals surface area contributed by atoms with Crippen molar-refractivity contribution in [1.29, 1.82) is 0 Å². The van der Waals surface area contributed by atoms with Crippen LogP contribution in [0.3, 0.4) is 0 Å². The Hall–Kier alpha value is -3.04. The van der Waals surface area contributed by atoms with Crippen molar-refractivity contribution in [3.8, 4) is 17.4 Å². The number of phosphoric acid groups is 1. The van der Waals surface area contributed by atoms with Crippen molar-refractivity contribution < 1.29 is 50.6 Å². The van der Waals surface area contributed by atoms with Crippen molar-refractivity contribution in [2.75, 3.05) is 25.6 Å². The van der Waals surface area contributed by atoms with Gasteiger partial charge >= 0.3 is 20.7 Å². The van der Waals surface area contributed by atoms with E-state index in [1.807, 2.05) is 6.92 Å². The molecule has 4 N–H and O–H groups in total. The number of nitrogens with one attached hydrogen (secondary N) is 2. The van der Waals surface area contributed by atoms with Gasteiger partial charge in [-0.3, -0.25) is 13.8 Å². The van der Waals surface area contributed by atoms with E-state index in [1.54, 1.807) is 13.8 Å². The summed E-state index contributed by atoms with van der Waals surface area (Å²) in [5.74, 6) is -0.0634. The molecule has 0 amide bonds. The van der Waals surface area contributed by atoms with Crippen molar-refractivity contribution in [3.63, 3.8) is 0 Å². The summed E-state index contributed by atoms with van der Waals surface area (Å²) in [6.45, 7) is 2.84. The van der Waals surface area contributed by atoms with Crippen LogP contribution in [0.25, 0.3) is 11.2 Å². The SMILES string of the molecule is CC(C)OC(=O)[C@H](C)NP(=O)(Cl)Oc1cccc(OP2(=O)OCC3OCC(F)C3O2)c1.CCOc1nc(N)nc2nc[nH]c12. The van der Waals surface area contributed by atoms with Crippen LogP contribution in [0, 0.1) is 0 Å². The zero-order valence-electron chi connectivity index (χ0n) is 24.0. The zero-order valence-corrected chi connectivity index (χ0v) is 26.6. The molecule has 2 saturated heterocycles. The van der Waals surface area contributed by atoms with Crippen LogP contribution in [0.1, 0.15) is 27.7 Å². The Bertz CT molecular complexity index is 1550. The standard InChI is InChI=1S/C17H23ClFNO9P2.C7H9N5O/c1-10(2)26-17(21)11(3)20-30(18,22)27-12-5-4-6-13(7-12)28-31(23)25-9-15-16(29-31)14(19)8-24-15;1-2-13-6-4-5(10-3-9-4)11-7(8)12-6/h4-7,10-11,14-16H,8-9H2,1-3H3,(H,20,22);3H,2H2,1H3,(H3,8,9,10,11,12)/t11-,14?,15?,16?,30?,31?;/m0./s1. The fourth-order valence-corrected chi connectivity index (χ4v) is 6.98. The quantitative estimate of drug-likeness (QED) is 0.201. The van der Waals surface area contributed by atoms with Gasteiger partial charge in [0.25, 0.3) is 0 Å². The van der Waals surface area contributed by atoms with Gasteiger partial charge in [0, 0.05) is 17.3 Å². The van der Waals surface area contributed by atoms with Crippen LogP contribution in [0.5, 0.6) is 17.4 Å². The first kappa shape index (κ1) is 33.8. The predicted molar refractivity (Wildman–Crippen MR) is 155 cm³/mol. The van der Waals surface area contributed by atoms with Gasteiger partial charge in [-0.25, -0.2) is 23.6 Å². The molecule has 20 heteroatoms. The van der Waals surface area contributed by atoms with E-state index in [0.29, 0.717) is 23.7 Å². The maximum absolute atomic E-state index is 13.8. The number of benzene rings is 1. The highest BCUT2D eigenvalue weighted by Gasteiger charge is 2.50. The molecule has 0 spiro atoms. The number of esters is 1. The lowest BCUT2D eigenvalue weighted by molar-refractivity contribution is -0.149. The molecule has 2 aliphatic heterocycles. The number of aromatic amines is 1. The molecular formula is C24H32ClFN6O10P2. The number of H-pyrrole nitrogens is 1. The van der Waals surface area contributed by atoms with Gasteiger partial charge in [0.15, 0.2) is 11.8 Å².